The van der Waals surface area contributed by atoms with Crippen molar-refractivity contribution in [3.05, 3.63) is 66.0 Å². The van der Waals surface area contributed by atoms with Crippen molar-refractivity contribution in [1.82, 2.24) is 15.2 Å². The summed E-state index contributed by atoms with van der Waals surface area (Å²) in [7, 11) is 0. The van der Waals surface area contributed by atoms with Crippen LogP contribution in [0.1, 0.15) is 51.0 Å². The highest BCUT2D eigenvalue weighted by atomic mass is 35.5. The van der Waals surface area contributed by atoms with Gasteiger partial charge in [0.25, 0.3) is 0 Å². The number of pyridine rings is 1. The van der Waals surface area contributed by atoms with Gasteiger partial charge in [-0.05, 0) is 36.1 Å². The molecule has 178 valence electrons. The van der Waals surface area contributed by atoms with Crippen molar-refractivity contribution in [3.63, 3.8) is 0 Å². The summed E-state index contributed by atoms with van der Waals surface area (Å²) < 4.78 is 0. The molecular formula is C22H37Cl2N3O3S. The lowest BCUT2D eigenvalue weighted by atomic mass is 9.99. The molecule has 1 aromatic carbocycles. The standard InChI is InChI=1S/C20H25N3O3.2CH4.2ClH.H2S/c24-14-17(15-6-2-1-3-7-15)22-18(20(26)23-12-4-5-13-23)19(25)16-8-10-21-11-9-16;;;;;/h1-3,6-11,17-19,22,24-25H,4-5,12-14H2;2*1H4;2*1H;1H2/t17-,18+,19-;;;;;/m0...../s1. The Labute approximate surface area is 205 Å². The number of nitrogens with one attached hydrogen (secondary N) is 1. The van der Waals surface area contributed by atoms with Gasteiger partial charge >= 0.3 is 0 Å². The molecule has 6 nitrogen and oxygen atoms in total. The molecule has 0 saturated carbocycles. The van der Waals surface area contributed by atoms with E-state index in [0.717, 1.165) is 18.4 Å². The second-order valence-corrected chi connectivity index (χ2v) is 6.55. The van der Waals surface area contributed by atoms with E-state index >= 15 is 0 Å². The third-order valence-corrected chi connectivity index (χ3v) is 4.81. The number of aliphatic hydroxyl groups excluding tert-OH is 2. The van der Waals surface area contributed by atoms with E-state index in [2.05, 4.69) is 10.3 Å². The van der Waals surface area contributed by atoms with Gasteiger partial charge in [0, 0.05) is 25.5 Å². The first-order valence-electron chi connectivity index (χ1n) is 8.99. The molecule has 2 heterocycles. The maximum absolute atomic E-state index is 13.0. The Kier molecular flexibility index (Phi) is 19.1. The number of hydrogen-bond donors (Lipinski definition) is 3. The molecule has 1 amide bonds. The van der Waals surface area contributed by atoms with E-state index in [-0.39, 0.29) is 65.7 Å². The topological polar surface area (TPSA) is 85.7 Å². The van der Waals surface area contributed by atoms with Gasteiger partial charge in [0.15, 0.2) is 0 Å². The average Bonchev–Trinajstić information content (AvgIpc) is 3.24. The average molecular weight is 495 g/mol. The number of hydrogen-bond acceptors (Lipinski definition) is 5. The maximum atomic E-state index is 13.0. The number of aliphatic hydroxyl groups is 2. The molecule has 0 aliphatic carbocycles. The molecule has 0 radical (unpaired) electrons. The monoisotopic (exact) mass is 493 g/mol. The fourth-order valence-corrected chi connectivity index (χ4v) is 3.34. The van der Waals surface area contributed by atoms with Crippen molar-refractivity contribution >= 4 is 44.2 Å². The number of aromatic nitrogens is 1. The molecule has 9 heteroatoms. The molecule has 0 spiro atoms. The van der Waals surface area contributed by atoms with Crippen LogP contribution in [-0.4, -0.2) is 51.7 Å². The van der Waals surface area contributed by atoms with Crippen LogP contribution in [0.25, 0.3) is 0 Å². The van der Waals surface area contributed by atoms with E-state index < -0.39 is 18.2 Å². The molecule has 1 aliphatic heterocycles. The number of benzene rings is 1. The van der Waals surface area contributed by atoms with Gasteiger partial charge < -0.3 is 15.1 Å². The Balaban J connectivity index is -0.00000157. The van der Waals surface area contributed by atoms with Crippen molar-refractivity contribution in [2.24, 2.45) is 0 Å². The lowest BCUT2D eigenvalue weighted by molar-refractivity contribution is -0.135. The predicted molar refractivity (Wildman–Crippen MR) is 137 cm³/mol. The molecule has 3 rings (SSSR count). The molecular weight excluding hydrogens is 457 g/mol. The lowest BCUT2D eigenvalue weighted by Crippen LogP contribution is -2.50. The fourth-order valence-electron chi connectivity index (χ4n) is 3.34. The largest absolute Gasteiger partial charge is 0.394 e. The molecule has 2 aromatic rings. The zero-order chi connectivity index (χ0) is 18.4. The molecule has 1 aromatic heterocycles. The van der Waals surface area contributed by atoms with Crippen LogP contribution in [0.4, 0.5) is 0 Å². The molecule has 1 saturated heterocycles. The molecule has 0 bridgehead atoms. The fraction of sp³-hybridized carbons (Fsp3) is 0.455. The summed E-state index contributed by atoms with van der Waals surface area (Å²) in [5, 5.41) is 23.9. The predicted octanol–water partition coefficient (Wildman–Crippen LogP) is 3.66. The van der Waals surface area contributed by atoms with Crippen molar-refractivity contribution in [3.8, 4) is 0 Å². The number of nitrogens with zero attached hydrogens (tertiary/aromatic N) is 2. The summed E-state index contributed by atoms with van der Waals surface area (Å²) in [6.07, 6.45) is 4.12. The second kappa shape index (κ2) is 17.2. The first kappa shape index (κ1) is 34.3. The van der Waals surface area contributed by atoms with Gasteiger partial charge in [-0.3, -0.25) is 15.1 Å². The molecule has 3 N–H and O–H groups in total. The quantitative estimate of drug-likeness (QED) is 0.547. The van der Waals surface area contributed by atoms with E-state index in [1.165, 1.54) is 0 Å². The van der Waals surface area contributed by atoms with E-state index in [0.29, 0.717) is 18.7 Å². The first-order valence-corrected chi connectivity index (χ1v) is 8.99. The molecule has 1 fully saturated rings. The van der Waals surface area contributed by atoms with Crippen LogP contribution >= 0.6 is 38.3 Å². The van der Waals surface area contributed by atoms with Gasteiger partial charge in [0.1, 0.15) is 12.1 Å². The number of carbonyl (C=O) groups excluding carboxylic acids is 1. The van der Waals surface area contributed by atoms with Gasteiger partial charge in [-0.2, -0.15) is 13.5 Å². The van der Waals surface area contributed by atoms with Gasteiger partial charge in [0.05, 0.1) is 12.6 Å². The maximum Gasteiger partial charge on any atom is 0.242 e. The molecule has 31 heavy (non-hydrogen) atoms. The molecule has 0 unspecified atom stereocenters. The van der Waals surface area contributed by atoms with Crippen LogP contribution < -0.4 is 5.32 Å². The Morgan fingerprint density at radius 3 is 2.06 bits per heavy atom. The summed E-state index contributed by atoms with van der Waals surface area (Å²) in [5.74, 6) is -0.138. The number of halogens is 2. The summed E-state index contributed by atoms with van der Waals surface area (Å²) >= 11 is 0. The number of likely N-dealkylation sites (tertiary alicyclic amines) is 1. The van der Waals surface area contributed by atoms with E-state index in [9.17, 15) is 15.0 Å². The van der Waals surface area contributed by atoms with Crippen LogP contribution in [0.15, 0.2) is 54.9 Å². The van der Waals surface area contributed by atoms with Crippen LogP contribution in [0.2, 0.25) is 0 Å². The van der Waals surface area contributed by atoms with E-state index in [1.807, 2.05) is 30.3 Å². The van der Waals surface area contributed by atoms with Crippen LogP contribution in [0.5, 0.6) is 0 Å². The summed E-state index contributed by atoms with van der Waals surface area (Å²) in [6, 6.07) is 11.6. The van der Waals surface area contributed by atoms with E-state index in [4.69, 9.17) is 0 Å². The zero-order valence-electron chi connectivity index (χ0n) is 16.0. The first-order chi connectivity index (χ1) is 12.7. The van der Waals surface area contributed by atoms with Crippen molar-refractivity contribution in [1.29, 1.82) is 0 Å². The van der Waals surface area contributed by atoms with Crippen LogP contribution in [0, 0.1) is 0 Å². The van der Waals surface area contributed by atoms with Crippen molar-refractivity contribution in [2.75, 3.05) is 19.7 Å². The second-order valence-electron chi connectivity index (χ2n) is 6.55. The zero-order valence-corrected chi connectivity index (χ0v) is 18.6. The number of amides is 1. The van der Waals surface area contributed by atoms with Gasteiger partial charge in [-0.1, -0.05) is 45.2 Å². The number of carbonyl (C=O) groups is 1. The molecule has 1 aliphatic rings. The van der Waals surface area contributed by atoms with Gasteiger partial charge in [-0.25, -0.2) is 0 Å². The van der Waals surface area contributed by atoms with Crippen molar-refractivity contribution in [2.45, 2.75) is 45.9 Å². The highest BCUT2D eigenvalue weighted by molar-refractivity contribution is 7.59. The van der Waals surface area contributed by atoms with Crippen LogP contribution in [0.3, 0.4) is 0 Å². The summed E-state index contributed by atoms with van der Waals surface area (Å²) in [6.45, 7) is 1.24. The Morgan fingerprint density at radius 1 is 1.00 bits per heavy atom. The minimum absolute atomic E-state index is 0. The minimum atomic E-state index is -1.02. The Morgan fingerprint density at radius 2 is 1.55 bits per heavy atom. The summed E-state index contributed by atoms with van der Waals surface area (Å²) in [5.41, 5.74) is 1.49. The number of rotatable bonds is 7. The third-order valence-electron chi connectivity index (χ3n) is 4.81. The summed E-state index contributed by atoms with van der Waals surface area (Å²) in [4.78, 5) is 18.8. The van der Waals surface area contributed by atoms with E-state index in [1.54, 1.807) is 29.4 Å². The molecule has 3 atom stereocenters. The highest BCUT2D eigenvalue weighted by Crippen LogP contribution is 2.23. The Hall–Kier alpha value is -1.35. The SMILES string of the molecule is C.C.Cl.Cl.O=C([C@H](N[C@@H](CO)c1ccccc1)[C@@H](O)c1ccncc1)N1CCCC1.S. The third kappa shape index (κ3) is 8.96. The minimum Gasteiger partial charge on any atom is -0.394 e. The Bertz CT molecular complexity index is 708. The van der Waals surface area contributed by atoms with Crippen molar-refractivity contribution < 1.29 is 15.0 Å². The van der Waals surface area contributed by atoms with Gasteiger partial charge in [-0.15, -0.1) is 24.8 Å². The van der Waals surface area contributed by atoms with Crippen LogP contribution in [-0.2, 0) is 4.79 Å². The normalized spacial score (nSPS) is 14.8. The smallest absolute Gasteiger partial charge is 0.242 e. The highest BCUT2D eigenvalue weighted by Gasteiger charge is 2.34. The lowest BCUT2D eigenvalue weighted by Gasteiger charge is -2.31. The van der Waals surface area contributed by atoms with Gasteiger partial charge in [0.2, 0.25) is 5.91 Å².